The van der Waals surface area contributed by atoms with E-state index in [0.29, 0.717) is 12.2 Å². The molecule has 0 amide bonds. The summed E-state index contributed by atoms with van der Waals surface area (Å²) in [5, 5.41) is 8.41. The molecule has 1 fully saturated rings. The molecule has 3 nitrogen and oxygen atoms in total. The molecule has 21 heavy (non-hydrogen) atoms. The Morgan fingerprint density at radius 1 is 1.00 bits per heavy atom. The Hall–Kier alpha value is -1.09. The first-order valence-electron chi connectivity index (χ1n) is 8.45. The van der Waals surface area contributed by atoms with Gasteiger partial charge in [-0.15, -0.1) is 0 Å². The summed E-state index contributed by atoms with van der Waals surface area (Å²) in [6.45, 7) is 2.20. The van der Waals surface area contributed by atoms with Crippen LogP contribution in [0.15, 0.2) is 24.3 Å². The molecular formula is C18H30O3. The highest BCUT2D eigenvalue weighted by molar-refractivity contribution is 5.80. The molecule has 3 heteroatoms. The molecule has 1 rings (SSSR count). The fourth-order valence-electron chi connectivity index (χ4n) is 2.60. The Bertz CT molecular complexity index is 333. The smallest absolute Gasteiger partial charge is 0.328 e. The standard InChI is InChI=1S/C18H30O3/c1-2-16-17(21-16)14-12-10-8-6-4-3-5-7-9-11-13-15-18(19)20/h9,11,13,15-17H,2-8,10,12,14H2,1H3,(H,19,20)/b11-9+,15-13+. The lowest BCUT2D eigenvalue weighted by Crippen LogP contribution is -1.92. The largest absolute Gasteiger partial charge is 0.478 e. The van der Waals surface area contributed by atoms with E-state index in [-0.39, 0.29) is 0 Å². The first-order valence-corrected chi connectivity index (χ1v) is 8.45. The summed E-state index contributed by atoms with van der Waals surface area (Å²) in [4.78, 5) is 10.2. The molecule has 1 N–H and O–H groups in total. The quantitative estimate of drug-likeness (QED) is 0.228. The molecule has 0 aliphatic carbocycles. The lowest BCUT2D eigenvalue weighted by atomic mass is 10.1. The van der Waals surface area contributed by atoms with Gasteiger partial charge < -0.3 is 9.84 Å². The third-order valence-corrected chi connectivity index (χ3v) is 3.94. The van der Waals surface area contributed by atoms with E-state index in [1.807, 2.05) is 12.2 Å². The molecule has 0 saturated carbocycles. The summed E-state index contributed by atoms with van der Waals surface area (Å²) in [7, 11) is 0. The lowest BCUT2D eigenvalue weighted by Gasteiger charge is -2.00. The number of ether oxygens (including phenoxy) is 1. The van der Waals surface area contributed by atoms with Gasteiger partial charge in [0.05, 0.1) is 12.2 Å². The summed E-state index contributed by atoms with van der Waals surface area (Å²) in [6, 6.07) is 0. The second kappa shape index (κ2) is 11.6. The van der Waals surface area contributed by atoms with Crippen molar-refractivity contribution in [3.63, 3.8) is 0 Å². The third-order valence-electron chi connectivity index (χ3n) is 3.94. The van der Waals surface area contributed by atoms with Gasteiger partial charge in [0.2, 0.25) is 0 Å². The molecule has 0 aromatic carbocycles. The Morgan fingerprint density at radius 3 is 2.29 bits per heavy atom. The minimum atomic E-state index is -0.891. The lowest BCUT2D eigenvalue weighted by molar-refractivity contribution is -0.131. The number of carboxylic acid groups (broad SMARTS) is 1. The summed E-state index contributed by atoms with van der Waals surface area (Å²) in [5.74, 6) is -0.891. The van der Waals surface area contributed by atoms with Gasteiger partial charge in [-0.2, -0.15) is 0 Å². The van der Waals surface area contributed by atoms with Gasteiger partial charge in [-0.05, 0) is 25.7 Å². The van der Waals surface area contributed by atoms with Crippen LogP contribution in [-0.4, -0.2) is 23.3 Å². The van der Waals surface area contributed by atoms with Crippen molar-refractivity contribution in [2.75, 3.05) is 0 Å². The molecule has 120 valence electrons. The van der Waals surface area contributed by atoms with Crippen LogP contribution >= 0.6 is 0 Å². The summed E-state index contributed by atoms with van der Waals surface area (Å²) in [6.07, 6.45) is 20.4. The van der Waals surface area contributed by atoms with Gasteiger partial charge in [-0.25, -0.2) is 4.79 Å². The van der Waals surface area contributed by atoms with Gasteiger partial charge in [-0.1, -0.05) is 63.7 Å². The van der Waals surface area contributed by atoms with Crippen molar-refractivity contribution in [1.29, 1.82) is 0 Å². The number of carboxylic acids is 1. The van der Waals surface area contributed by atoms with Crippen molar-refractivity contribution in [3.8, 4) is 0 Å². The maximum atomic E-state index is 10.2. The van der Waals surface area contributed by atoms with Gasteiger partial charge in [0, 0.05) is 6.08 Å². The van der Waals surface area contributed by atoms with Crippen LogP contribution in [0.2, 0.25) is 0 Å². The van der Waals surface area contributed by atoms with Crippen LogP contribution in [0.5, 0.6) is 0 Å². The molecule has 0 radical (unpaired) electrons. The zero-order chi connectivity index (χ0) is 15.3. The highest BCUT2D eigenvalue weighted by Gasteiger charge is 2.35. The number of allylic oxidation sites excluding steroid dienone is 3. The average molecular weight is 294 g/mol. The zero-order valence-electron chi connectivity index (χ0n) is 13.3. The minimum absolute atomic E-state index is 0.573. The van der Waals surface area contributed by atoms with Crippen molar-refractivity contribution in [3.05, 3.63) is 24.3 Å². The fraction of sp³-hybridized carbons (Fsp3) is 0.722. The van der Waals surface area contributed by atoms with Gasteiger partial charge in [0.25, 0.3) is 0 Å². The van der Waals surface area contributed by atoms with E-state index < -0.39 is 5.97 Å². The highest BCUT2D eigenvalue weighted by Crippen LogP contribution is 2.29. The van der Waals surface area contributed by atoms with Gasteiger partial charge in [0.15, 0.2) is 0 Å². The van der Waals surface area contributed by atoms with Crippen LogP contribution in [0.25, 0.3) is 0 Å². The predicted octanol–water partition coefficient (Wildman–Crippen LogP) is 4.87. The maximum absolute atomic E-state index is 10.2. The van der Waals surface area contributed by atoms with E-state index >= 15 is 0 Å². The van der Waals surface area contributed by atoms with E-state index in [0.717, 1.165) is 12.5 Å². The Morgan fingerprint density at radius 2 is 1.67 bits per heavy atom. The topological polar surface area (TPSA) is 49.8 Å². The van der Waals surface area contributed by atoms with Crippen LogP contribution in [0, 0.1) is 0 Å². The van der Waals surface area contributed by atoms with Gasteiger partial charge >= 0.3 is 5.97 Å². The Kier molecular flexibility index (Phi) is 9.88. The number of rotatable bonds is 13. The van der Waals surface area contributed by atoms with Crippen molar-refractivity contribution in [2.24, 2.45) is 0 Å². The van der Waals surface area contributed by atoms with Crippen LogP contribution in [0.1, 0.15) is 71.1 Å². The maximum Gasteiger partial charge on any atom is 0.328 e. The molecule has 0 aromatic rings. The molecule has 0 bridgehead atoms. The zero-order valence-corrected chi connectivity index (χ0v) is 13.3. The van der Waals surface area contributed by atoms with Crippen molar-refractivity contribution in [2.45, 2.75) is 83.3 Å². The highest BCUT2D eigenvalue weighted by atomic mass is 16.6. The number of epoxide rings is 1. The number of unbranched alkanes of at least 4 members (excludes halogenated alkanes) is 7. The first-order chi connectivity index (χ1) is 10.2. The molecule has 1 aliphatic heterocycles. The number of hydrogen-bond donors (Lipinski definition) is 1. The third kappa shape index (κ3) is 10.3. The average Bonchev–Trinajstić information content (AvgIpc) is 3.22. The van der Waals surface area contributed by atoms with Crippen LogP contribution in [0.3, 0.4) is 0 Å². The van der Waals surface area contributed by atoms with E-state index in [1.165, 1.54) is 57.8 Å². The Balaban J connectivity index is 1.75. The van der Waals surface area contributed by atoms with Crippen molar-refractivity contribution in [1.82, 2.24) is 0 Å². The molecule has 0 spiro atoms. The number of aliphatic carboxylic acids is 1. The minimum Gasteiger partial charge on any atom is -0.478 e. The SMILES string of the molecule is CCC1OC1CCCCCCCCC/C=C/C=C/C(=O)O. The molecule has 2 unspecified atom stereocenters. The fourth-order valence-corrected chi connectivity index (χ4v) is 2.60. The predicted molar refractivity (Wildman–Crippen MR) is 86.4 cm³/mol. The van der Waals surface area contributed by atoms with Gasteiger partial charge in [-0.3, -0.25) is 0 Å². The molecule has 1 saturated heterocycles. The Labute approximate surface area is 129 Å². The normalized spacial score (nSPS) is 21.4. The van der Waals surface area contributed by atoms with Crippen molar-refractivity contribution < 1.29 is 14.6 Å². The van der Waals surface area contributed by atoms with E-state index in [2.05, 4.69) is 6.92 Å². The molecular weight excluding hydrogens is 264 g/mol. The van der Waals surface area contributed by atoms with Crippen LogP contribution in [-0.2, 0) is 9.53 Å². The molecule has 1 aliphatic rings. The second-order valence-corrected chi connectivity index (χ2v) is 5.80. The summed E-state index contributed by atoms with van der Waals surface area (Å²) >= 11 is 0. The van der Waals surface area contributed by atoms with Crippen LogP contribution in [0.4, 0.5) is 0 Å². The molecule has 2 atom stereocenters. The molecule has 1 heterocycles. The van der Waals surface area contributed by atoms with Gasteiger partial charge in [0.1, 0.15) is 0 Å². The van der Waals surface area contributed by atoms with E-state index in [1.54, 1.807) is 6.08 Å². The second-order valence-electron chi connectivity index (χ2n) is 5.80. The van der Waals surface area contributed by atoms with Crippen molar-refractivity contribution >= 4 is 5.97 Å². The summed E-state index contributed by atoms with van der Waals surface area (Å²) in [5.41, 5.74) is 0. The van der Waals surface area contributed by atoms with E-state index in [4.69, 9.17) is 9.84 Å². The monoisotopic (exact) mass is 294 g/mol. The number of hydrogen-bond acceptors (Lipinski definition) is 2. The van der Waals surface area contributed by atoms with Crippen LogP contribution < -0.4 is 0 Å². The molecule has 0 aromatic heterocycles. The number of carbonyl (C=O) groups is 1. The first kappa shape index (κ1) is 18.0. The summed E-state index contributed by atoms with van der Waals surface area (Å²) < 4.78 is 5.54. The van der Waals surface area contributed by atoms with E-state index in [9.17, 15) is 4.79 Å².